The highest BCUT2D eigenvalue weighted by Crippen LogP contribution is 2.19. The van der Waals surface area contributed by atoms with Crippen LogP contribution >= 0.6 is 11.3 Å². The fourth-order valence-corrected chi connectivity index (χ4v) is 3.24. The van der Waals surface area contributed by atoms with Crippen LogP contribution in [0.4, 0.5) is 16.8 Å². The average molecular weight is 382 g/mol. The van der Waals surface area contributed by atoms with Crippen LogP contribution in [0, 0.1) is 13.8 Å². The molecule has 2 N–H and O–H groups in total. The molecule has 8 heteroatoms. The molecule has 0 spiro atoms. The summed E-state index contributed by atoms with van der Waals surface area (Å²) >= 11 is 1.42. The molecule has 140 valence electrons. The molecule has 2 aromatic heterocycles. The fraction of sp³-hybridized carbons (Fsp3) is 0.263. The third-order valence-corrected chi connectivity index (χ3v) is 4.44. The summed E-state index contributed by atoms with van der Waals surface area (Å²) in [6.45, 7) is 4.60. The first kappa shape index (κ1) is 18.9. The Bertz CT molecular complexity index is 915. The highest BCUT2D eigenvalue weighted by atomic mass is 32.1. The zero-order valence-corrected chi connectivity index (χ0v) is 16.6. The normalized spacial score (nSPS) is 10.9. The lowest BCUT2D eigenvalue weighted by Crippen LogP contribution is -2.13. The van der Waals surface area contributed by atoms with E-state index in [1.807, 2.05) is 56.4 Å². The molecule has 7 nitrogen and oxygen atoms in total. The van der Waals surface area contributed by atoms with Crippen molar-refractivity contribution in [2.75, 3.05) is 24.7 Å². The minimum Gasteiger partial charge on any atom is -0.324 e. The predicted octanol–water partition coefficient (Wildman–Crippen LogP) is 3.61. The number of hydrogen-bond donors (Lipinski definition) is 2. The Morgan fingerprint density at radius 1 is 1.07 bits per heavy atom. The first-order valence-electron chi connectivity index (χ1n) is 8.49. The molecule has 3 aromatic rings. The molecule has 0 aliphatic rings. The summed E-state index contributed by atoms with van der Waals surface area (Å²) in [6, 6.07) is 9.09. The summed E-state index contributed by atoms with van der Waals surface area (Å²) in [7, 11) is 3.96. The van der Waals surface area contributed by atoms with Gasteiger partial charge in [0, 0.05) is 34.6 Å². The number of nitrogens with one attached hydrogen (secondary N) is 2. The molecule has 1 amide bonds. The highest BCUT2D eigenvalue weighted by molar-refractivity contribution is 7.13. The van der Waals surface area contributed by atoms with Crippen molar-refractivity contribution in [2.45, 2.75) is 20.4 Å². The van der Waals surface area contributed by atoms with Crippen LogP contribution in [-0.2, 0) is 6.54 Å². The molecule has 0 saturated heterocycles. The van der Waals surface area contributed by atoms with Crippen molar-refractivity contribution in [3.05, 3.63) is 58.4 Å². The third kappa shape index (κ3) is 5.32. The highest BCUT2D eigenvalue weighted by Gasteiger charge is 2.10. The van der Waals surface area contributed by atoms with Crippen LogP contribution in [0.3, 0.4) is 0 Å². The fourth-order valence-electron chi connectivity index (χ4n) is 2.55. The first-order valence-corrected chi connectivity index (χ1v) is 9.37. The Balaban J connectivity index is 1.64. The number of amides is 1. The van der Waals surface area contributed by atoms with Gasteiger partial charge in [0.25, 0.3) is 5.91 Å². The minimum atomic E-state index is -0.185. The summed E-state index contributed by atoms with van der Waals surface area (Å²) in [5.41, 5.74) is 4.12. The molecule has 27 heavy (non-hydrogen) atoms. The average Bonchev–Trinajstić information content (AvgIpc) is 3.00. The Kier molecular flexibility index (Phi) is 5.78. The van der Waals surface area contributed by atoms with Crippen molar-refractivity contribution in [2.24, 2.45) is 0 Å². The molecule has 3 rings (SSSR count). The van der Waals surface area contributed by atoms with Crippen LogP contribution < -0.4 is 10.6 Å². The molecule has 0 radical (unpaired) electrons. The van der Waals surface area contributed by atoms with Crippen molar-refractivity contribution in [1.82, 2.24) is 19.9 Å². The van der Waals surface area contributed by atoms with Gasteiger partial charge in [-0.3, -0.25) is 10.1 Å². The lowest BCUT2D eigenvalue weighted by molar-refractivity contribution is 0.102. The molecule has 0 bridgehead atoms. The zero-order chi connectivity index (χ0) is 19.4. The third-order valence-electron chi connectivity index (χ3n) is 3.64. The minimum absolute atomic E-state index is 0.185. The molecular weight excluding hydrogens is 360 g/mol. The number of thiazole rings is 1. The SMILES string of the molecule is Cc1cc(C)nc(Nc2ccc(C(=O)Nc3nc(CN(C)C)cs3)cc2)n1. The van der Waals surface area contributed by atoms with E-state index in [-0.39, 0.29) is 5.91 Å². The van der Waals surface area contributed by atoms with Crippen LogP contribution in [0.1, 0.15) is 27.4 Å². The lowest BCUT2D eigenvalue weighted by Gasteiger charge is -2.08. The van der Waals surface area contributed by atoms with E-state index in [1.165, 1.54) is 11.3 Å². The van der Waals surface area contributed by atoms with Gasteiger partial charge in [0.15, 0.2) is 5.13 Å². The number of nitrogens with zero attached hydrogens (tertiary/aromatic N) is 4. The Morgan fingerprint density at radius 2 is 1.74 bits per heavy atom. The number of aromatic nitrogens is 3. The van der Waals surface area contributed by atoms with Crippen LogP contribution in [0.5, 0.6) is 0 Å². The van der Waals surface area contributed by atoms with E-state index in [4.69, 9.17) is 0 Å². The van der Waals surface area contributed by atoms with Gasteiger partial charge in [-0.25, -0.2) is 15.0 Å². The summed E-state index contributed by atoms with van der Waals surface area (Å²) in [5.74, 6) is 0.357. The number of aryl methyl sites for hydroxylation is 2. The van der Waals surface area contributed by atoms with E-state index in [0.717, 1.165) is 29.3 Å². The second-order valence-corrected chi connectivity index (χ2v) is 7.37. The molecule has 0 saturated carbocycles. The number of hydrogen-bond acceptors (Lipinski definition) is 7. The second-order valence-electron chi connectivity index (χ2n) is 6.51. The molecular formula is C19H22N6OS. The van der Waals surface area contributed by atoms with E-state index < -0.39 is 0 Å². The van der Waals surface area contributed by atoms with E-state index in [0.29, 0.717) is 16.6 Å². The smallest absolute Gasteiger partial charge is 0.257 e. The standard InChI is InChI=1S/C19H22N6OS/c1-12-9-13(2)21-18(20-12)22-15-7-5-14(6-8-15)17(26)24-19-23-16(11-27-19)10-25(3)4/h5-9,11H,10H2,1-4H3,(H,20,21,22)(H,23,24,26). The van der Waals surface area contributed by atoms with Crippen LogP contribution in [0.25, 0.3) is 0 Å². The van der Waals surface area contributed by atoms with Gasteiger partial charge in [0.1, 0.15) is 0 Å². The van der Waals surface area contributed by atoms with Gasteiger partial charge in [0.05, 0.1) is 5.69 Å². The monoisotopic (exact) mass is 382 g/mol. The number of anilines is 3. The maximum Gasteiger partial charge on any atom is 0.257 e. The molecule has 0 fully saturated rings. The molecule has 1 aromatic carbocycles. The Hall–Kier alpha value is -2.84. The number of carbonyl (C=O) groups excluding carboxylic acids is 1. The maximum atomic E-state index is 12.4. The maximum absolute atomic E-state index is 12.4. The molecule has 0 aliphatic carbocycles. The van der Waals surface area contributed by atoms with Gasteiger partial charge < -0.3 is 10.2 Å². The Labute approximate surface area is 162 Å². The van der Waals surface area contributed by atoms with Gasteiger partial charge in [0.2, 0.25) is 5.95 Å². The van der Waals surface area contributed by atoms with Crippen LogP contribution in [0.2, 0.25) is 0 Å². The lowest BCUT2D eigenvalue weighted by atomic mass is 10.2. The second kappa shape index (κ2) is 8.24. The summed E-state index contributed by atoms with van der Waals surface area (Å²) in [4.78, 5) is 27.6. The van der Waals surface area contributed by atoms with Crippen LogP contribution in [-0.4, -0.2) is 39.9 Å². The first-order chi connectivity index (χ1) is 12.9. The summed E-state index contributed by atoms with van der Waals surface area (Å²) in [6.07, 6.45) is 0. The van der Waals surface area contributed by atoms with Gasteiger partial charge in [-0.05, 0) is 58.3 Å². The van der Waals surface area contributed by atoms with E-state index in [1.54, 1.807) is 12.1 Å². The van der Waals surface area contributed by atoms with E-state index >= 15 is 0 Å². The number of carbonyl (C=O) groups is 1. The van der Waals surface area contributed by atoms with Gasteiger partial charge in [-0.15, -0.1) is 11.3 Å². The molecule has 2 heterocycles. The van der Waals surface area contributed by atoms with Gasteiger partial charge in [-0.1, -0.05) is 0 Å². The molecule has 0 unspecified atom stereocenters. The van der Waals surface area contributed by atoms with E-state index in [9.17, 15) is 4.79 Å². The quantitative estimate of drug-likeness (QED) is 0.678. The molecule has 0 aliphatic heterocycles. The largest absolute Gasteiger partial charge is 0.324 e. The van der Waals surface area contributed by atoms with Gasteiger partial charge >= 0.3 is 0 Å². The van der Waals surface area contributed by atoms with E-state index in [2.05, 4.69) is 25.6 Å². The van der Waals surface area contributed by atoms with Crippen molar-refractivity contribution in [3.8, 4) is 0 Å². The topological polar surface area (TPSA) is 83.0 Å². The van der Waals surface area contributed by atoms with Crippen molar-refractivity contribution >= 4 is 34.0 Å². The van der Waals surface area contributed by atoms with Crippen molar-refractivity contribution in [1.29, 1.82) is 0 Å². The predicted molar refractivity (Wildman–Crippen MR) is 109 cm³/mol. The number of rotatable bonds is 6. The van der Waals surface area contributed by atoms with Crippen molar-refractivity contribution < 1.29 is 4.79 Å². The Morgan fingerprint density at radius 3 is 2.37 bits per heavy atom. The van der Waals surface area contributed by atoms with Crippen molar-refractivity contribution in [3.63, 3.8) is 0 Å². The summed E-state index contributed by atoms with van der Waals surface area (Å²) < 4.78 is 0. The van der Waals surface area contributed by atoms with Crippen LogP contribution in [0.15, 0.2) is 35.7 Å². The number of benzene rings is 1. The zero-order valence-electron chi connectivity index (χ0n) is 15.8. The molecule has 0 atom stereocenters. The summed E-state index contributed by atoms with van der Waals surface area (Å²) in [5, 5.41) is 8.55. The van der Waals surface area contributed by atoms with Gasteiger partial charge in [-0.2, -0.15) is 0 Å².